The van der Waals surface area contributed by atoms with Crippen LogP contribution >= 0.6 is 0 Å². The number of rotatable bonds is 1. The number of carbonyl (C=O) groups excluding carboxylic acids is 4. The summed E-state index contributed by atoms with van der Waals surface area (Å²) < 4.78 is 4.12. The summed E-state index contributed by atoms with van der Waals surface area (Å²) in [6, 6.07) is 0. The van der Waals surface area contributed by atoms with Crippen molar-refractivity contribution in [2.45, 2.75) is 6.92 Å². The maximum atomic E-state index is 11.0. The summed E-state index contributed by atoms with van der Waals surface area (Å²) in [6.07, 6.45) is 1.99. The van der Waals surface area contributed by atoms with E-state index in [1.165, 1.54) is 0 Å². The molecule has 13 heavy (non-hydrogen) atoms. The van der Waals surface area contributed by atoms with E-state index in [4.69, 9.17) is 0 Å². The van der Waals surface area contributed by atoms with Crippen LogP contribution in [-0.4, -0.2) is 23.5 Å². The van der Waals surface area contributed by atoms with Crippen LogP contribution in [0.25, 0.3) is 0 Å². The quantitative estimate of drug-likeness (QED) is 0.399. The van der Waals surface area contributed by atoms with Gasteiger partial charge in [0.1, 0.15) is 0 Å². The van der Waals surface area contributed by atoms with E-state index in [-0.39, 0.29) is 0 Å². The minimum absolute atomic E-state index is 0.642. The number of ether oxygens (including phenoxy) is 1. The molecule has 0 unspecified atom stereocenters. The van der Waals surface area contributed by atoms with Gasteiger partial charge in [-0.05, 0) is 12.2 Å². The van der Waals surface area contributed by atoms with Crippen LogP contribution in [0.1, 0.15) is 6.92 Å². The summed E-state index contributed by atoms with van der Waals surface area (Å²) >= 11 is 0. The Morgan fingerprint density at radius 1 is 1.23 bits per heavy atom. The van der Waals surface area contributed by atoms with Gasteiger partial charge >= 0.3 is 11.9 Å². The fourth-order valence-corrected chi connectivity index (χ4v) is 0.930. The third kappa shape index (κ3) is 1.87. The highest BCUT2D eigenvalue weighted by molar-refractivity contribution is 6.29. The molecule has 0 aromatic heterocycles. The summed E-state index contributed by atoms with van der Waals surface area (Å²) in [6.45, 7) is 1.02. The monoisotopic (exact) mass is 182 g/mol. The highest BCUT2D eigenvalue weighted by Gasteiger charge is 2.36. The zero-order valence-corrected chi connectivity index (χ0v) is 6.77. The molecule has 0 saturated carbocycles. The number of carbonyl (C=O) groups is 4. The number of ketones is 2. The Hall–Kier alpha value is -1.78. The van der Waals surface area contributed by atoms with Crippen molar-refractivity contribution in [3.63, 3.8) is 0 Å². The van der Waals surface area contributed by atoms with Gasteiger partial charge in [-0.1, -0.05) is 0 Å². The minimum Gasteiger partial charge on any atom is -0.392 e. The second-order valence-corrected chi connectivity index (χ2v) is 2.48. The second-order valence-electron chi connectivity index (χ2n) is 2.48. The van der Waals surface area contributed by atoms with Gasteiger partial charge in [-0.3, -0.25) is 19.2 Å². The molecule has 0 fully saturated rings. The fraction of sp³-hybridized carbons (Fsp3) is 0.250. The topological polar surface area (TPSA) is 77.5 Å². The Labute approximate surface area is 73.4 Å². The van der Waals surface area contributed by atoms with Crippen LogP contribution in [0.2, 0.25) is 0 Å². The van der Waals surface area contributed by atoms with E-state index < -0.39 is 29.4 Å². The normalized spacial score (nSPS) is 16.4. The van der Waals surface area contributed by atoms with Gasteiger partial charge in [-0.15, -0.1) is 0 Å². The zero-order valence-electron chi connectivity index (χ0n) is 6.77. The Kier molecular flexibility index (Phi) is 2.36. The first-order valence-electron chi connectivity index (χ1n) is 3.50. The van der Waals surface area contributed by atoms with Crippen molar-refractivity contribution in [2.24, 2.45) is 5.92 Å². The van der Waals surface area contributed by atoms with Crippen LogP contribution in [0.15, 0.2) is 12.2 Å². The van der Waals surface area contributed by atoms with Crippen molar-refractivity contribution in [3.05, 3.63) is 12.2 Å². The van der Waals surface area contributed by atoms with Crippen LogP contribution in [0.3, 0.4) is 0 Å². The highest BCUT2D eigenvalue weighted by Crippen LogP contribution is 2.12. The fourth-order valence-electron chi connectivity index (χ4n) is 0.930. The molecule has 0 heterocycles. The molecule has 5 nitrogen and oxygen atoms in total. The minimum atomic E-state index is -1.47. The Morgan fingerprint density at radius 2 is 1.69 bits per heavy atom. The van der Waals surface area contributed by atoms with Gasteiger partial charge in [-0.2, -0.15) is 0 Å². The average Bonchev–Trinajstić information content (AvgIpc) is 2.29. The Morgan fingerprint density at radius 3 is 2.08 bits per heavy atom. The molecule has 0 aromatic rings. The lowest BCUT2D eigenvalue weighted by molar-refractivity contribution is -0.162. The number of esters is 2. The van der Waals surface area contributed by atoms with E-state index in [9.17, 15) is 19.2 Å². The molecule has 1 rings (SSSR count). The van der Waals surface area contributed by atoms with Crippen molar-refractivity contribution < 1.29 is 23.9 Å². The number of allylic oxidation sites excluding steroid dienone is 2. The Balaban J connectivity index is 2.73. The molecule has 0 N–H and O–H groups in total. The lowest BCUT2D eigenvalue weighted by atomic mass is 10.1. The van der Waals surface area contributed by atoms with Crippen LogP contribution in [0, 0.1) is 5.92 Å². The molecule has 0 aromatic carbocycles. The van der Waals surface area contributed by atoms with Crippen molar-refractivity contribution in [3.8, 4) is 0 Å². The van der Waals surface area contributed by atoms with E-state index in [0.29, 0.717) is 0 Å². The first kappa shape index (κ1) is 9.31. The molecular weight excluding hydrogens is 176 g/mol. The molecule has 0 spiro atoms. The van der Waals surface area contributed by atoms with Gasteiger partial charge in [0.05, 0.1) is 0 Å². The molecule has 0 atom stereocenters. The van der Waals surface area contributed by atoms with Crippen LogP contribution < -0.4 is 0 Å². The summed E-state index contributed by atoms with van der Waals surface area (Å²) in [7, 11) is 0. The first-order valence-corrected chi connectivity index (χ1v) is 3.50. The molecule has 68 valence electrons. The van der Waals surface area contributed by atoms with Crippen molar-refractivity contribution in [1.82, 2.24) is 0 Å². The van der Waals surface area contributed by atoms with Gasteiger partial charge in [0.15, 0.2) is 17.5 Å². The van der Waals surface area contributed by atoms with E-state index in [2.05, 4.69) is 4.74 Å². The number of hydrogen-bond acceptors (Lipinski definition) is 5. The van der Waals surface area contributed by atoms with Crippen molar-refractivity contribution in [1.29, 1.82) is 0 Å². The molecule has 0 bridgehead atoms. The summed E-state index contributed by atoms with van der Waals surface area (Å²) in [4.78, 5) is 43.1. The van der Waals surface area contributed by atoms with Crippen molar-refractivity contribution >= 4 is 23.5 Å². The molecule has 0 amide bonds. The van der Waals surface area contributed by atoms with Crippen LogP contribution in [-0.2, 0) is 23.9 Å². The average molecular weight is 182 g/mol. The molecule has 1 aliphatic carbocycles. The third-order valence-electron chi connectivity index (χ3n) is 1.46. The molecule has 0 aliphatic heterocycles. The summed E-state index contributed by atoms with van der Waals surface area (Å²) in [5, 5.41) is 0. The van der Waals surface area contributed by atoms with E-state index in [1.807, 2.05) is 0 Å². The molecule has 0 saturated heterocycles. The maximum absolute atomic E-state index is 11.0. The zero-order chi connectivity index (χ0) is 10.0. The predicted octanol–water partition coefficient (Wildman–Crippen LogP) is -0.600. The molecule has 0 radical (unpaired) electrons. The van der Waals surface area contributed by atoms with Gasteiger partial charge in [0, 0.05) is 6.92 Å². The highest BCUT2D eigenvalue weighted by atomic mass is 16.6. The lowest BCUT2D eigenvalue weighted by Crippen LogP contribution is -2.28. The third-order valence-corrected chi connectivity index (χ3v) is 1.46. The SMILES string of the molecule is CC(=O)OC(=O)C1C(=O)C=CC1=O. The number of hydrogen-bond donors (Lipinski definition) is 0. The summed E-state index contributed by atoms with van der Waals surface area (Å²) in [5.74, 6) is -4.69. The van der Waals surface area contributed by atoms with E-state index >= 15 is 0 Å². The molecule has 1 aliphatic rings. The van der Waals surface area contributed by atoms with Gasteiger partial charge < -0.3 is 4.74 Å². The smallest absolute Gasteiger partial charge is 0.332 e. The van der Waals surface area contributed by atoms with Gasteiger partial charge in [-0.25, -0.2) is 0 Å². The van der Waals surface area contributed by atoms with Gasteiger partial charge in [0.25, 0.3) is 0 Å². The first-order chi connectivity index (χ1) is 6.02. The van der Waals surface area contributed by atoms with E-state index in [0.717, 1.165) is 19.1 Å². The van der Waals surface area contributed by atoms with E-state index in [1.54, 1.807) is 0 Å². The maximum Gasteiger partial charge on any atom is 0.332 e. The Bertz CT molecular complexity index is 307. The largest absolute Gasteiger partial charge is 0.392 e. The predicted molar refractivity (Wildman–Crippen MR) is 39.4 cm³/mol. The van der Waals surface area contributed by atoms with Crippen LogP contribution in [0.5, 0.6) is 0 Å². The summed E-state index contributed by atoms with van der Waals surface area (Å²) in [5.41, 5.74) is 0. The second kappa shape index (κ2) is 3.30. The van der Waals surface area contributed by atoms with Gasteiger partial charge in [0.2, 0.25) is 0 Å². The lowest BCUT2D eigenvalue weighted by Gasteiger charge is -2.03. The molecular formula is C8H6O5. The van der Waals surface area contributed by atoms with Crippen LogP contribution in [0.4, 0.5) is 0 Å². The van der Waals surface area contributed by atoms with Crippen molar-refractivity contribution in [2.75, 3.05) is 0 Å². The standard InChI is InChI=1S/C8H6O5/c1-4(9)13-8(12)7-5(10)2-3-6(7)11/h2-3,7H,1H3. The molecule has 5 heteroatoms.